The van der Waals surface area contributed by atoms with Crippen molar-refractivity contribution in [1.82, 2.24) is 0 Å². The molecule has 0 amide bonds. The van der Waals surface area contributed by atoms with Crippen LogP contribution in [0.2, 0.25) is 0 Å². The Bertz CT molecular complexity index is 505. The van der Waals surface area contributed by atoms with Gasteiger partial charge in [-0.15, -0.1) is 0 Å². The van der Waals surface area contributed by atoms with Crippen LogP contribution in [0, 0.1) is 27.4 Å². The fraction of sp³-hybridized carbons (Fsp3) is 0.417. The van der Waals surface area contributed by atoms with Crippen LogP contribution in [0.1, 0.15) is 18.4 Å². The molecule has 1 aliphatic rings. The molecular formula is C12H14N4O2. The Morgan fingerprint density at radius 2 is 2.33 bits per heavy atom. The average molecular weight is 246 g/mol. The molecule has 1 fully saturated rings. The molecule has 0 saturated heterocycles. The van der Waals surface area contributed by atoms with Crippen molar-refractivity contribution in [3.05, 3.63) is 33.9 Å². The standard InChI is InChI=1S/C12H14N4O2/c13-6-9-2-1-3-10(12(9)16(17)18)15-11(7-14)8-4-5-8/h1-3,8,11,15H,4-5,7,14H2. The first kappa shape index (κ1) is 12.3. The fourth-order valence-electron chi connectivity index (χ4n) is 2.01. The van der Waals surface area contributed by atoms with Crippen molar-refractivity contribution in [3.8, 4) is 6.07 Å². The molecule has 1 aliphatic carbocycles. The van der Waals surface area contributed by atoms with E-state index >= 15 is 0 Å². The van der Waals surface area contributed by atoms with E-state index in [4.69, 9.17) is 11.0 Å². The van der Waals surface area contributed by atoms with Crippen molar-refractivity contribution in [2.24, 2.45) is 11.7 Å². The molecule has 1 aromatic carbocycles. The highest BCUT2D eigenvalue weighted by atomic mass is 16.6. The number of anilines is 1. The average Bonchev–Trinajstić information content (AvgIpc) is 3.19. The summed E-state index contributed by atoms with van der Waals surface area (Å²) in [5.41, 5.74) is 5.94. The molecule has 1 unspecified atom stereocenters. The lowest BCUT2D eigenvalue weighted by molar-refractivity contribution is -0.384. The van der Waals surface area contributed by atoms with Crippen LogP contribution in [-0.2, 0) is 0 Å². The summed E-state index contributed by atoms with van der Waals surface area (Å²) < 4.78 is 0. The number of nitriles is 1. The van der Waals surface area contributed by atoms with Gasteiger partial charge >= 0.3 is 5.69 Å². The minimum atomic E-state index is -0.526. The predicted molar refractivity (Wildman–Crippen MR) is 67.0 cm³/mol. The van der Waals surface area contributed by atoms with E-state index in [1.807, 2.05) is 6.07 Å². The molecule has 3 N–H and O–H groups in total. The van der Waals surface area contributed by atoms with Gasteiger partial charge in [0.15, 0.2) is 0 Å². The fourth-order valence-corrected chi connectivity index (χ4v) is 2.01. The smallest absolute Gasteiger partial charge is 0.309 e. The molecule has 94 valence electrons. The molecule has 0 aromatic heterocycles. The van der Waals surface area contributed by atoms with E-state index in [-0.39, 0.29) is 17.3 Å². The third-order valence-electron chi connectivity index (χ3n) is 3.12. The normalized spacial score (nSPS) is 15.8. The molecule has 2 rings (SSSR count). The van der Waals surface area contributed by atoms with Crippen molar-refractivity contribution >= 4 is 11.4 Å². The van der Waals surface area contributed by atoms with Crippen LogP contribution in [0.15, 0.2) is 18.2 Å². The first-order chi connectivity index (χ1) is 8.67. The van der Waals surface area contributed by atoms with Gasteiger partial charge in [-0.3, -0.25) is 10.1 Å². The topological polar surface area (TPSA) is 105 Å². The lowest BCUT2D eigenvalue weighted by atomic mass is 10.1. The van der Waals surface area contributed by atoms with Gasteiger partial charge in [0.25, 0.3) is 0 Å². The first-order valence-corrected chi connectivity index (χ1v) is 5.81. The Kier molecular flexibility index (Phi) is 3.44. The quantitative estimate of drug-likeness (QED) is 0.606. The summed E-state index contributed by atoms with van der Waals surface area (Å²) >= 11 is 0. The van der Waals surface area contributed by atoms with Crippen molar-refractivity contribution in [2.75, 3.05) is 11.9 Å². The number of para-hydroxylation sites is 1. The lowest BCUT2D eigenvalue weighted by Gasteiger charge is -2.17. The van der Waals surface area contributed by atoms with E-state index in [9.17, 15) is 10.1 Å². The van der Waals surface area contributed by atoms with Crippen LogP contribution in [0.25, 0.3) is 0 Å². The number of benzene rings is 1. The Balaban J connectivity index is 2.31. The maximum Gasteiger partial charge on any atom is 0.309 e. The molecule has 1 saturated carbocycles. The molecule has 1 atom stereocenters. The van der Waals surface area contributed by atoms with Crippen molar-refractivity contribution in [1.29, 1.82) is 5.26 Å². The summed E-state index contributed by atoms with van der Waals surface area (Å²) in [5, 5.41) is 23.0. The second-order valence-electron chi connectivity index (χ2n) is 4.39. The summed E-state index contributed by atoms with van der Waals surface area (Å²) in [4.78, 5) is 10.5. The van der Waals surface area contributed by atoms with Crippen LogP contribution in [0.4, 0.5) is 11.4 Å². The second kappa shape index (κ2) is 5.02. The number of hydrogen-bond acceptors (Lipinski definition) is 5. The van der Waals surface area contributed by atoms with Crippen molar-refractivity contribution in [2.45, 2.75) is 18.9 Å². The minimum absolute atomic E-state index is 0.0395. The monoisotopic (exact) mass is 246 g/mol. The Hall–Kier alpha value is -2.13. The van der Waals surface area contributed by atoms with Gasteiger partial charge in [0.1, 0.15) is 17.3 Å². The molecule has 0 spiro atoms. The zero-order valence-corrected chi connectivity index (χ0v) is 9.80. The Labute approximate surface area is 105 Å². The highest BCUT2D eigenvalue weighted by molar-refractivity contribution is 5.68. The summed E-state index contributed by atoms with van der Waals surface area (Å²) in [6, 6.07) is 6.57. The third kappa shape index (κ3) is 2.41. The third-order valence-corrected chi connectivity index (χ3v) is 3.12. The number of nitrogens with one attached hydrogen (secondary N) is 1. The van der Waals surface area contributed by atoms with Gasteiger partial charge in [0.05, 0.1) is 4.92 Å². The molecule has 0 heterocycles. The van der Waals surface area contributed by atoms with Gasteiger partial charge in [0, 0.05) is 12.6 Å². The van der Waals surface area contributed by atoms with Crippen LogP contribution in [0.5, 0.6) is 0 Å². The van der Waals surface area contributed by atoms with E-state index in [2.05, 4.69) is 5.32 Å². The van der Waals surface area contributed by atoms with Crippen LogP contribution in [-0.4, -0.2) is 17.5 Å². The van der Waals surface area contributed by atoms with Gasteiger partial charge in [0.2, 0.25) is 0 Å². The van der Waals surface area contributed by atoms with E-state index in [1.54, 1.807) is 12.1 Å². The molecule has 0 bridgehead atoms. The number of rotatable bonds is 5. The SMILES string of the molecule is N#Cc1cccc(NC(CN)C2CC2)c1[N+](=O)[O-]. The van der Waals surface area contributed by atoms with Crippen LogP contribution >= 0.6 is 0 Å². The van der Waals surface area contributed by atoms with Crippen molar-refractivity contribution in [3.63, 3.8) is 0 Å². The largest absolute Gasteiger partial charge is 0.375 e. The van der Waals surface area contributed by atoms with Gasteiger partial charge in [-0.2, -0.15) is 5.26 Å². The van der Waals surface area contributed by atoms with Gasteiger partial charge in [-0.25, -0.2) is 0 Å². The number of nitro benzene ring substituents is 1. The van der Waals surface area contributed by atoms with E-state index < -0.39 is 4.92 Å². The maximum atomic E-state index is 11.0. The zero-order valence-electron chi connectivity index (χ0n) is 9.80. The molecule has 6 heteroatoms. The molecule has 18 heavy (non-hydrogen) atoms. The number of hydrogen-bond donors (Lipinski definition) is 2. The maximum absolute atomic E-state index is 11.0. The predicted octanol–water partition coefficient (Wildman–Crippen LogP) is 1.62. The molecule has 1 aromatic rings. The molecule has 6 nitrogen and oxygen atoms in total. The van der Waals surface area contributed by atoms with Gasteiger partial charge in [-0.05, 0) is 30.9 Å². The van der Waals surface area contributed by atoms with Gasteiger partial charge in [-0.1, -0.05) is 6.07 Å². The molecular weight excluding hydrogens is 232 g/mol. The highest BCUT2D eigenvalue weighted by Crippen LogP contribution is 2.36. The summed E-state index contributed by atoms with van der Waals surface area (Å²) in [5.74, 6) is 0.486. The Morgan fingerprint density at radius 1 is 1.61 bits per heavy atom. The lowest BCUT2D eigenvalue weighted by Crippen LogP contribution is -2.31. The van der Waals surface area contributed by atoms with E-state index in [0.717, 1.165) is 12.8 Å². The van der Waals surface area contributed by atoms with Crippen molar-refractivity contribution < 1.29 is 4.92 Å². The molecule has 0 radical (unpaired) electrons. The molecule has 0 aliphatic heterocycles. The number of nitrogens with zero attached hydrogens (tertiary/aromatic N) is 2. The zero-order chi connectivity index (χ0) is 13.1. The van der Waals surface area contributed by atoms with E-state index in [0.29, 0.717) is 18.2 Å². The van der Waals surface area contributed by atoms with E-state index in [1.165, 1.54) is 6.07 Å². The number of nitrogens with two attached hydrogens (primary N) is 1. The Morgan fingerprint density at radius 3 is 2.83 bits per heavy atom. The minimum Gasteiger partial charge on any atom is -0.375 e. The van der Waals surface area contributed by atoms with Gasteiger partial charge < -0.3 is 11.1 Å². The summed E-state index contributed by atoms with van der Waals surface area (Å²) in [7, 11) is 0. The summed E-state index contributed by atoms with van der Waals surface area (Å²) in [6.07, 6.45) is 2.20. The van der Waals surface area contributed by atoms with Crippen LogP contribution < -0.4 is 11.1 Å². The van der Waals surface area contributed by atoms with Crippen LogP contribution in [0.3, 0.4) is 0 Å². The number of nitro groups is 1. The second-order valence-corrected chi connectivity index (χ2v) is 4.39. The summed E-state index contributed by atoms with van der Waals surface area (Å²) in [6.45, 7) is 0.429. The highest BCUT2D eigenvalue weighted by Gasteiger charge is 2.32. The first-order valence-electron chi connectivity index (χ1n) is 5.81.